The fourth-order valence-electron chi connectivity index (χ4n) is 4.93. The second kappa shape index (κ2) is 10.7. The first-order chi connectivity index (χ1) is 17.9. The molecule has 1 fully saturated rings. The number of benzene rings is 1. The van der Waals surface area contributed by atoms with Crippen LogP contribution in [-0.4, -0.2) is 77.0 Å². The maximum absolute atomic E-state index is 13.6. The van der Waals surface area contributed by atoms with E-state index in [1.54, 1.807) is 30.3 Å². The van der Waals surface area contributed by atoms with Gasteiger partial charge in [-0.05, 0) is 77.0 Å². The van der Waals surface area contributed by atoms with Gasteiger partial charge in [-0.2, -0.15) is 10.2 Å². The summed E-state index contributed by atoms with van der Waals surface area (Å²) in [4.78, 5) is 27.1. The van der Waals surface area contributed by atoms with Crippen molar-refractivity contribution >= 4 is 16.8 Å². The first kappa shape index (κ1) is 24.9. The Morgan fingerprint density at radius 2 is 1.95 bits per heavy atom. The van der Waals surface area contributed by atoms with Crippen LogP contribution >= 0.6 is 0 Å². The number of hydrogen-bond acceptors (Lipinski definition) is 7. The highest BCUT2D eigenvalue weighted by Gasteiger charge is 2.22. The number of fused-ring (bicyclic) bond motifs is 1. The predicted molar refractivity (Wildman–Crippen MR) is 141 cm³/mol. The van der Waals surface area contributed by atoms with E-state index in [0.29, 0.717) is 29.0 Å². The summed E-state index contributed by atoms with van der Waals surface area (Å²) in [5.74, 6) is 0.194. The number of aromatic hydroxyl groups is 1. The molecule has 37 heavy (non-hydrogen) atoms. The number of hydrogen-bond donors (Lipinski definition) is 1. The average molecular weight is 503 g/mol. The molecule has 0 radical (unpaired) electrons. The van der Waals surface area contributed by atoms with Gasteiger partial charge in [-0.25, -0.2) is 9.97 Å². The van der Waals surface area contributed by atoms with Crippen molar-refractivity contribution in [3.63, 3.8) is 0 Å². The summed E-state index contributed by atoms with van der Waals surface area (Å²) >= 11 is 0. The van der Waals surface area contributed by atoms with Crippen molar-refractivity contribution < 1.29 is 9.90 Å². The molecule has 0 saturated carbocycles. The number of aromatic nitrogens is 6. The summed E-state index contributed by atoms with van der Waals surface area (Å²) < 4.78 is 3.82. The van der Waals surface area contributed by atoms with E-state index in [4.69, 9.17) is 5.10 Å². The molecule has 0 aliphatic carbocycles. The largest absolute Gasteiger partial charge is 0.508 e. The maximum Gasteiger partial charge on any atom is 0.273 e. The molecule has 194 valence electrons. The van der Waals surface area contributed by atoms with Gasteiger partial charge in [-0.15, -0.1) is 0 Å². The molecule has 3 aromatic heterocycles. The summed E-state index contributed by atoms with van der Waals surface area (Å²) in [7, 11) is 1.75. The molecule has 0 bridgehead atoms. The lowest BCUT2D eigenvalue weighted by atomic mass is 10.1. The van der Waals surface area contributed by atoms with E-state index in [1.807, 2.05) is 35.5 Å². The third kappa shape index (κ3) is 5.34. The molecule has 10 nitrogen and oxygen atoms in total. The second-order valence-electron chi connectivity index (χ2n) is 9.70. The quantitative estimate of drug-likeness (QED) is 0.374. The molecule has 0 unspecified atom stereocenters. The van der Waals surface area contributed by atoms with Crippen LogP contribution in [-0.2, 0) is 19.6 Å². The number of nitrogens with zero attached hydrogens (tertiary/aromatic N) is 8. The molecule has 1 aliphatic rings. The molecule has 4 heterocycles. The minimum absolute atomic E-state index is 0.0582. The SMILES string of the molecule is CCn1ncc(CN(C)C(=O)c2nc(-c3ccn(CCCN4CCCC4)n3)nc3ccc(O)cc23)c1C. The van der Waals surface area contributed by atoms with Crippen LogP contribution in [0.2, 0.25) is 0 Å². The van der Waals surface area contributed by atoms with Gasteiger partial charge in [0.05, 0.1) is 11.7 Å². The molecule has 0 atom stereocenters. The smallest absolute Gasteiger partial charge is 0.273 e. The average Bonchev–Trinajstić information content (AvgIpc) is 3.66. The zero-order valence-electron chi connectivity index (χ0n) is 21.8. The number of phenolic OH excluding ortho intramolecular Hbond substituents is 1. The minimum atomic E-state index is -0.257. The number of phenols is 1. The second-order valence-corrected chi connectivity index (χ2v) is 9.70. The van der Waals surface area contributed by atoms with Crippen molar-refractivity contribution in [1.29, 1.82) is 0 Å². The van der Waals surface area contributed by atoms with Crippen LogP contribution in [0.25, 0.3) is 22.4 Å². The zero-order chi connectivity index (χ0) is 25.9. The highest BCUT2D eigenvalue weighted by Crippen LogP contribution is 2.26. The number of rotatable bonds is 9. The third-order valence-corrected chi connectivity index (χ3v) is 7.07. The summed E-state index contributed by atoms with van der Waals surface area (Å²) in [6, 6.07) is 6.70. The Bertz CT molecular complexity index is 1400. The van der Waals surface area contributed by atoms with E-state index in [9.17, 15) is 9.90 Å². The van der Waals surface area contributed by atoms with Crippen LogP contribution in [0, 0.1) is 6.92 Å². The van der Waals surface area contributed by atoms with Crippen LogP contribution in [0.15, 0.2) is 36.7 Å². The summed E-state index contributed by atoms with van der Waals surface area (Å²) in [6.07, 6.45) is 7.35. The molecule has 10 heteroatoms. The number of aryl methyl sites for hydroxylation is 2. The number of carbonyl (C=O) groups excluding carboxylic acids is 1. The summed E-state index contributed by atoms with van der Waals surface area (Å²) in [6.45, 7) is 9.48. The zero-order valence-corrected chi connectivity index (χ0v) is 21.8. The number of amides is 1. The molecule has 0 spiro atoms. The molecular weight excluding hydrogens is 468 g/mol. The molecule has 5 rings (SSSR count). The normalized spacial score (nSPS) is 14.0. The van der Waals surface area contributed by atoms with E-state index in [2.05, 4.69) is 20.0 Å². The fourth-order valence-corrected chi connectivity index (χ4v) is 4.93. The van der Waals surface area contributed by atoms with Gasteiger partial charge in [0.25, 0.3) is 5.91 Å². The molecule has 1 saturated heterocycles. The van der Waals surface area contributed by atoms with E-state index in [-0.39, 0.29) is 17.4 Å². The topological polar surface area (TPSA) is 105 Å². The van der Waals surface area contributed by atoms with Crippen LogP contribution < -0.4 is 0 Å². The van der Waals surface area contributed by atoms with Gasteiger partial charge in [0.15, 0.2) is 5.82 Å². The predicted octanol–water partition coefficient (Wildman–Crippen LogP) is 3.48. The lowest BCUT2D eigenvalue weighted by Crippen LogP contribution is -2.27. The van der Waals surface area contributed by atoms with Crippen LogP contribution in [0.5, 0.6) is 5.75 Å². The highest BCUT2D eigenvalue weighted by atomic mass is 16.3. The van der Waals surface area contributed by atoms with Crippen molar-refractivity contribution in [2.24, 2.45) is 0 Å². The molecule has 1 aliphatic heterocycles. The standard InChI is InChI=1S/C27H34N8O2/c1-4-35-19(2)20(17-28-35)18-32(3)27(37)25-22-16-21(36)8-9-23(22)29-26(30-25)24-10-15-34(31-24)14-7-13-33-11-5-6-12-33/h8-10,15-17,36H,4-7,11-14,18H2,1-3H3. The van der Waals surface area contributed by atoms with Crippen molar-refractivity contribution in [2.75, 3.05) is 26.7 Å². The minimum Gasteiger partial charge on any atom is -0.508 e. The molecule has 4 aromatic rings. The lowest BCUT2D eigenvalue weighted by Gasteiger charge is -2.18. The monoisotopic (exact) mass is 502 g/mol. The lowest BCUT2D eigenvalue weighted by molar-refractivity contribution is 0.0781. The Labute approximate surface area is 216 Å². The third-order valence-electron chi connectivity index (χ3n) is 7.07. The van der Waals surface area contributed by atoms with Crippen molar-refractivity contribution in [2.45, 2.75) is 52.7 Å². The van der Waals surface area contributed by atoms with Gasteiger partial charge in [-0.3, -0.25) is 14.2 Å². The fraction of sp³-hybridized carbons (Fsp3) is 0.444. The maximum atomic E-state index is 13.6. The van der Waals surface area contributed by atoms with Crippen molar-refractivity contribution in [3.05, 3.63) is 53.6 Å². The number of likely N-dealkylation sites (tertiary alicyclic amines) is 1. The van der Waals surface area contributed by atoms with E-state index in [0.717, 1.165) is 37.3 Å². The highest BCUT2D eigenvalue weighted by molar-refractivity contribution is 6.05. The van der Waals surface area contributed by atoms with Gasteiger partial charge >= 0.3 is 0 Å². The van der Waals surface area contributed by atoms with E-state index >= 15 is 0 Å². The summed E-state index contributed by atoms with van der Waals surface area (Å²) in [5, 5.41) is 19.7. The Hall–Kier alpha value is -3.79. The first-order valence-corrected chi connectivity index (χ1v) is 13.0. The molecule has 1 amide bonds. The number of carbonyl (C=O) groups is 1. The van der Waals surface area contributed by atoms with Crippen LogP contribution in [0.1, 0.15) is 47.9 Å². The Morgan fingerprint density at radius 1 is 1.14 bits per heavy atom. The van der Waals surface area contributed by atoms with Crippen LogP contribution in [0.3, 0.4) is 0 Å². The van der Waals surface area contributed by atoms with Gasteiger partial charge in [-0.1, -0.05) is 0 Å². The Balaban J connectivity index is 1.40. The summed E-state index contributed by atoms with van der Waals surface area (Å²) in [5.41, 5.74) is 3.45. The molecule has 1 N–H and O–H groups in total. The van der Waals surface area contributed by atoms with Gasteiger partial charge in [0, 0.05) is 49.5 Å². The van der Waals surface area contributed by atoms with E-state index in [1.165, 1.54) is 32.0 Å². The molecular formula is C27H34N8O2. The van der Waals surface area contributed by atoms with Crippen molar-refractivity contribution in [1.82, 2.24) is 39.3 Å². The van der Waals surface area contributed by atoms with Gasteiger partial charge in [0.2, 0.25) is 0 Å². The Kier molecular flexibility index (Phi) is 7.18. The molecule has 1 aromatic carbocycles. The first-order valence-electron chi connectivity index (χ1n) is 13.0. The Morgan fingerprint density at radius 3 is 2.70 bits per heavy atom. The van der Waals surface area contributed by atoms with Gasteiger partial charge in [0.1, 0.15) is 17.1 Å². The van der Waals surface area contributed by atoms with Gasteiger partial charge < -0.3 is 14.9 Å². The van der Waals surface area contributed by atoms with Crippen LogP contribution in [0.4, 0.5) is 0 Å². The van der Waals surface area contributed by atoms with E-state index < -0.39 is 0 Å². The van der Waals surface area contributed by atoms with Crippen molar-refractivity contribution in [3.8, 4) is 17.3 Å².